The third-order valence-corrected chi connectivity index (χ3v) is 4.60. The van der Waals surface area contributed by atoms with Gasteiger partial charge < -0.3 is 20.3 Å². The van der Waals surface area contributed by atoms with E-state index in [-0.39, 0.29) is 30.3 Å². The second-order valence-electron chi connectivity index (χ2n) is 5.97. The molecule has 2 saturated carbocycles. The van der Waals surface area contributed by atoms with Crippen molar-refractivity contribution in [3.8, 4) is 0 Å². The highest BCUT2D eigenvalue weighted by Crippen LogP contribution is 2.48. The van der Waals surface area contributed by atoms with Crippen molar-refractivity contribution in [2.75, 3.05) is 11.9 Å². The van der Waals surface area contributed by atoms with E-state index >= 15 is 0 Å². The Kier molecular flexibility index (Phi) is 3.67. The number of aromatic nitrogens is 1. The Balaban J connectivity index is 1.54. The highest BCUT2D eigenvalue weighted by Gasteiger charge is 2.50. The SMILES string of the molecule is Cc1cc(NC(=O)CNC2C3CCC(C3)C2C(=O)O)no1. The van der Waals surface area contributed by atoms with Gasteiger partial charge in [0.1, 0.15) is 5.76 Å². The predicted molar refractivity (Wildman–Crippen MR) is 73.6 cm³/mol. The number of nitrogens with zero attached hydrogens (tertiary/aromatic N) is 1. The quantitative estimate of drug-likeness (QED) is 0.748. The van der Waals surface area contributed by atoms with Crippen molar-refractivity contribution in [3.05, 3.63) is 11.8 Å². The number of aryl methyl sites for hydroxylation is 1. The number of carbonyl (C=O) groups excluding carboxylic acids is 1. The molecule has 3 rings (SSSR count). The van der Waals surface area contributed by atoms with E-state index in [1.54, 1.807) is 13.0 Å². The zero-order valence-corrected chi connectivity index (χ0v) is 11.8. The normalized spacial score (nSPS) is 30.5. The van der Waals surface area contributed by atoms with Gasteiger partial charge in [0.2, 0.25) is 5.91 Å². The fraction of sp³-hybridized carbons (Fsp3) is 0.643. The first-order valence-corrected chi connectivity index (χ1v) is 7.24. The second-order valence-corrected chi connectivity index (χ2v) is 5.97. The number of carboxylic acid groups (broad SMARTS) is 1. The number of hydrogen-bond donors (Lipinski definition) is 3. The standard InChI is InChI=1S/C14H19N3O4/c1-7-4-10(17-21-7)16-11(18)6-15-13-9-3-2-8(5-9)12(13)14(19)20/h4,8-9,12-13,15H,2-3,5-6H2,1H3,(H,19,20)(H,16,17,18). The molecule has 2 aliphatic rings. The van der Waals surface area contributed by atoms with Crippen molar-refractivity contribution in [1.82, 2.24) is 10.5 Å². The minimum atomic E-state index is -0.757. The fourth-order valence-corrected chi connectivity index (χ4v) is 3.76. The van der Waals surface area contributed by atoms with Gasteiger partial charge in [0.25, 0.3) is 0 Å². The first kappa shape index (κ1) is 14.1. The van der Waals surface area contributed by atoms with Gasteiger partial charge in [0, 0.05) is 12.1 Å². The van der Waals surface area contributed by atoms with Crippen LogP contribution in [0.3, 0.4) is 0 Å². The van der Waals surface area contributed by atoms with Gasteiger partial charge in [-0.25, -0.2) is 0 Å². The maximum Gasteiger partial charge on any atom is 0.308 e. The molecular weight excluding hydrogens is 274 g/mol. The molecule has 114 valence electrons. The summed E-state index contributed by atoms with van der Waals surface area (Å²) in [5.74, 6) is 0.261. The van der Waals surface area contributed by atoms with Crippen LogP contribution in [0.5, 0.6) is 0 Å². The van der Waals surface area contributed by atoms with E-state index in [2.05, 4.69) is 15.8 Å². The first-order chi connectivity index (χ1) is 10.0. The molecule has 1 amide bonds. The van der Waals surface area contributed by atoms with Gasteiger partial charge in [-0.3, -0.25) is 9.59 Å². The summed E-state index contributed by atoms with van der Waals surface area (Å²) >= 11 is 0. The molecule has 4 unspecified atom stereocenters. The largest absolute Gasteiger partial charge is 0.481 e. The van der Waals surface area contributed by atoms with Crippen LogP contribution < -0.4 is 10.6 Å². The summed E-state index contributed by atoms with van der Waals surface area (Å²) in [4.78, 5) is 23.2. The summed E-state index contributed by atoms with van der Waals surface area (Å²) in [5, 5.41) is 18.8. The number of fused-ring (bicyclic) bond motifs is 2. The minimum absolute atomic E-state index is 0.0869. The lowest BCUT2D eigenvalue weighted by Gasteiger charge is -2.28. The third kappa shape index (κ3) is 2.78. The van der Waals surface area contributed by atoms with Crippen LogP contribution in [-0.2, 0) is 9.59 Å². The highest BCUT2D eigenvalue weighted by molar-refractivity contribution is 5.91. The first-order valence-electron chi connectivity index (χ1n) is 7.24. The molecule has 2 bridgehead atoms. The maximum atomic E-state index is 11.9. The number of hydrogen-bond acceptors (Lipinski definition) is 5. The van der Waals surface area contributed by atoms with Crippen molar-refractivity contribution >= 4 is 17.7 Å². The number of carboxylic acids is 1. The van der Waals surface area contributed by atoms with Gasteiger partial charge >= 0.3 is 5.97 Å². The Morgan fingerprint density at radius 3 is 2.86 bits per heavy atom. The minimum Gasteiger partial charge on any atom is -0.481 e. The van der Waals surface area contributed by atoms with Crippen LogP contribution in [-0.4, -0.2) is 34.7 Å². The smallest absolute Gasteiger partial charge is 0.308 e. The van der Waals surface area contributed by atoms with E-state index in [1.807, 2.05) is 0 Å². The molecule has 7 nitrogen and oxygen atoms in total. The number of anilines is 1. The van der Waals surface area contributed by atoms with Crippen LogP contribution in [0.1, 0.15) is 25.0 Å². The Labute approximate surface area is 122 Å². The molecule has 2 aliphatic carbocycles. The monoisotopic (exact) mass is 293 g/mol. The van der Waals surface area contributed by atoms with E-state index in [0.29, 0.717) is 17.5 Å². The zero-order valence-electron chi connectivity index (χ0n) is 11.8. The lowest BCUT2D eigenvalue weighted by molar-refractivity contribution is -0.144. The molecule has 0 radical (unpaired) electrons. The van der Waals surface area contributed by atoms with Gasteiger partial charge in [0.05, 0.1) is 12.5 Å². The molecule has 7 heteroatoms. The summed E-state index contributed by atoms with van der Waals surface area (Å²) in [5.41, 5.74) is 0. The topological polar surface area (TPSA) is 104 Å². The van der Waals surface area contributed by atoms with Crippen LogP contribution in [0.25, 0.3) is 0 Å². The van der Waals surface area contributed by atoms with Crippen molar-refractivity contribution < 1.29 is 19.2 Å². The number of aliphatic carboxylic acids is 1. The molecular formula is C14H19N3O4. The second kappa shape index (κ2) is 5.48. The number of amides is 1. The maximum absolute atomic E-state index is 11.9. The number of carbonyl (C=O) groups is 2. The van der Waals surface area contributed by atoms with Crippen molar-refractivity contribution in [1.29, 1.82) is 0 Å². The summed E-state index contributed by atoms with van der Waals surface area (Å²) in [7, 11) is 0. The summed E-state index contributed by atoms with van der Waals surface area (Å²) in [6.45, 7) is 1.83. The lowest BCUT2D eigenvalue weighted by atomic mass is 9.84. The van der Waals surface area contributed by atoms with Gasteiger partial charge in [-0.2, -0.15) is 0 Å². The van der Waals surface area contributed by atoms with E-state index in [0.717, 1.165) is 19.3 Å². The third-order valence-electron chi connectivity index (χ3n) is 4.60. The fourth-order valence-electron chi connectivity index (χ4n) is 3.76. The average Bonchev–Trinajstić information content (AvgIpc) is 3.11. The Morgan fingerprint density at radius 1 is 1.43 bits per heavy atom. The Bertz CT molecular complexity index is 556. The summed E-state index contributed by atoms with van der Waals surface area (Å²) in [6.07, 6.45) is 3.00. The predicted octanol–water partition coefficient (Wildman–Crippen LogP) is 1.01. The molecule has 2 fully saturated rings. The van der Waals surface area contributed by atoms with Crippen LogP contribution in [0.15, 0.2) is 10.6 Å². The molecule has 3 N–H and O–H groups in total. The molecule has 0 aliphatic heterocycles. The molecule has 4 atom stereocenters. The Hall–Kier alpha value is -1.89. The van der Waals surface area contributed by atoms with Crippen molar-refractivity contribution in [2.45, 2.75) is 32.2 Å². The highest BCUT2D eigenvalue weighted by atomic mass is 16.5. The zero-order chi connectivity index (χ0) is 15.0. The van der Waals surface area contributed by atoms with E-state index in [9.17, 15) is 14.7 Å². The van der Waals surface area contributed by atoms with E-state index in [1.165, 1.54) is 0 Å². The molecule has 1 aromatic heterocycles. The summed E-state index contributed by atoms with van der Waals surface area (Å²) < 4.78 is 4.87. The average molecular weight is 293 g/mol. The molecule has 0 aromatic carbocycles. The van der Waals surface area contributed by atoms with Gasteiger partial charge in [-0.15, -0.1) is 0 Å². The van der Waals surface area contributed by atoms with Crippen LogP contribution in [0.2, 0.25) is 0 Å². The molecule has 0 saturated heterocycles. The Morgan fingerprint density at radius 2 is 2.19 bits per heavy atom. The summed E-state index contributed by atoms with van der Waals surface area (Å²) in [6, 6.07) is 1.53. The number of nitrogens with one attached hydrogen (secondary N) is 2. The molecule has 21 heavy (non-hydrogen) atoms. The van der Waals surface area contributed by atoms with Gasteiger partial charge in [-0.05, 0) is 38.0 Å². The van der Waals surface area contributed by atoms with Crippen LogP contribution in [0, 0.1) is 24.7 Å². The van der Waals surface area contributed by atoms with Crippen molar-refractivity contribution in [2.24, 2.45) is 17.8 Å². The van der Waals surface area contributed by atoms with Crippen LogP contribution >= 0.6 is 0 Å². The number of rotatable bonds is 5. The molecule has 1 aromatic rings. The lowest BCUT2D eigenvalue weighted by Crippen LogP contribution is -2.46. The van der Waals surface area contributed by atoms with Gasteiger partial charge in [-0.1, -0.05) is 5.16 Å². The van der Waals surface area contributed by atoms with E-state index in [4.69, 9.17) is 4.52 Å². The van der Waals surface area contributed by atoms with Crippen molar-refractivity contribution in [3.63, 3.8) is 0 Å². The molecule has 1 heterocycles. The van der Waals surface area contributed by atoms with Gasteiger partial charge in [0.15, 0.2) is 5.82 Å². The van der Waals surface area contributed by atoms with E-state index < -0.39 is 5.97 Å². The van der Waals surface area contributed by atoms with Crippen LogP contribution in [0.4, 0.5) is 5.82 Å². The molecule has 0 spiro atoms.